The Balaban J connectivity index is 1.25. The smallest absolute Gasteiger partial charge is 0.264 e. The van der Waals surface area contributed by atoms with Crippen LogP contribution in [-0.2, 0) is 34.6 Å². The number of aryl methyl sites for hydroxylation is 1. The molecule has 4 aromatic rings. The zero-order valence-electron chi connectivity index (χ0n) is 26.5. The van der Waals surface area contributed by atoms with E-state index in [2.05, 4.69) is 15.6 Å². The molecule has 246 valence electrons. The van der Waals surface area contributed by atoms with Crippen LogP contribution >= 0.6 is 11.6 Å². The van der Waals surface area contributed by atoms with Gasteiger partial charge in [-0.1, -0.05) is 35.9 Å². The van der Waals surface area contributed by atoms with Crippen molar-refractivity contribution < 1.29 is 23.5 Å². The van der Waals surface area contributed by atoms with Gasteiger partial charge in [-0.25, -0.2) is 0 Å². The van der Waals surface area contributed by atoms with Gasteiger partial charge in [-0.15, -0.1) is 5.10 Å². The van der Waals surface area contributed by atoms with Gasteiger partial charge < -0.3 is 29.9 Å². The SMILES string of the molecule is C[C@H]1[C@H]([Si](C)(C)F)[C@@H](CCn2cc(CCO)nn2)O[C@]12C(=O)N(Cc1ccc(NC(=O)c3ccc(N)cc3)cc1)c1ccc(Cl)cc12. The first-order valence-corrected chi connectivity index (χ1v) is 19.0. The van der Waals surface area contributed by atoms with Gasteiger partial charge >= 0.3 is 0 Å². The third-order valence-electron chi connectivity index (χ3n) is 9.24. The van der Waals surface area contributed by atoms with Crippen LogP contribution in [0.25, 0.3) is 0 Å². The quantitative estimate of drug-likeness (QED) is 0.111. The fourth-order valence-corrected chi connectivity index (χ4v) is 9.81. The van der Waals surface area contributed by atoms with Crippen LogP contribution in [0.3, 0.4) is 0 Å². The van der Waals surface area contributed by atoms with E-state index in [-0.39, 0.29) is 25.0 Å². The van der Waals surface area contributed by atoms with E-state index in [0.717, 1.165) is 5.56 Å². The lowest BCUT2D eigenvalue weighted by molar-refractivity contribution is -0.146. The second-order valence-electron chi connectivity index (χ2n) is 12.8. The molecule has 1 spiro atoms. The molecule has 3 aromatic carbocycles. The number of ether oxygens (including phenoxy) is 1. The van der Waals surface area contributed by atoms with E-state index in [1.807, 2.05) is 25.1 Å². The molecule has 2 aliphatic heterocycles. The third-order valence-corrected chi connectivity index (χ3v) is 11.9. The van der Waals surface area contributed by atoms with Crippen molar-refractivity contribution in [1.82, 2.24) is 15.0 Å². The first kappa shape index (κ1) is 32.8. The summed E-state index contributed by atoms with van der Waals surface area (Å²) in [4.78, 5) is 29.0. The molecule has 4 atom stereocenters. The lowest BCUT2D eigenvalue weighted by atomic mass is 9.82. The highest BCUT2D eigenvalue weighted by molar-refractivity contribution is 6.72. The Morgan fingerprint density at radius 1 is 1.15 bits per heavy atom. The standard InChI is InChI=1S/C34H38ClFN6O4Si/c1-21-31(47(2,3)36)30(14-16-41-20-27(15-17-43)39-40-41)46-34(21)28-18-24(35)8-13-29(28)42(33(34)45)19-22-4-11-26(12-5-22)38-32(44)23-6-9-25(37)10-7-23/h4-13,18,20-21,30-31,43H,14-17,19,37H2,1-3H3,(H,38,44)/t21-,30+,31-,34+/m0/s1. The van der Waals surface area contributed by atoms with Crippen LogP contribution in [0.4, 0.5) is 21.2 Å². The predicted molar refractivity (Wildman–Crippen MR) is 181 cm³/mol. The summed E-state index contributed by atoms with van der Waals surface area (Å²) in [7, 11) is -3.35. The molecular formula is C34H38ClFN6O4Si. The molecule has 1 fully saturated rings. The minimum absolute atomic E-state index is 0.0278. The highest BCUT2D eigenvalue weighted by Crippen LogP contribution is 2.60. The lowest BCUT2D eigenvalue weighted by Gasteiger charge is -2.31. The van der Waals surface area contributed by atoms with Crippen molar-refractivity contribution >= 4 is 48.9 Å². The molecule has 1 aromatic heterocycles. The largest absolute Gasteiger partial charge is 0.399 e. The Labute approximate surface area is 278 Å². The van der Waals surface area contributed by atoms with Crippen molar-refractivity contribution in [2.45, 2.75) is 63.2 Å². The molecule has 6 rings (SSSR count). The molecule has 0 unspecified atom stereocenters. The fraction of sp³-hybridized carbons (Fsp3) is 0.353. The highest BCUT2D eigenvalue weighted by Gasteiger charge is 2.66. The molecule has 4 N–H and O–H groups in total. The lowest BCUT2D eigenvalue weighted by Crippen LogP contribution is -2.45. The normalized spacial score (nSPS) is 22.2. The number of benzene rings is 3. The highest BCUT2D eigenvalue weighted by atomic mass is 35.5. The van der Waals surface area contributed by atoms with Gasteiger partial charge in [0.25, 0.3) is 11.8 Å². The van der Waals surface area contributed by atoms with Crippen LogP contribution < -0.4 is 16.0 Å². The number of hydrogen-bond donors (Lipinski definition) is 3. The van der Waals surface area contributed by atoms with Gasteiger partial charge in [-0.2, -0.15) is 0 Å². The minimum Gasteiger partial charge on any atom is -0.399 e. The van der Waals surface area contributed by atoms with E-state index in [9.17, 15) is 14.7 Å². The molecule has 0 bridgehead atoms. The molecule has 1 saturated heterocycles. The Bertz CT molecular complexity index is 1780. The number of nitrogens with zero attached hydrogens (tertiary/aromatic N) is 4. The summed E-state index contributed by atoms with van der Waals surface area (Å²) in [5.41, 5.74) is 8.36. The summed E-state index contributed by atoms with van der Waals surface area (Å²) < 4.78 is 24.6. The predicted octanol–water partition coefficient (Wildman–Crippen LogP) is 5.71. The van der Waals surface area contributed by atoms with Gasteiger partial charge in [0, 0.05) is 64.8 Å². The maximum Gasteiger partial charge on any atom is 0.264 e. The van der Waals surface area contributed by atoms with Crippen LogP contribution in [-0.4, -0.2) is 53.0 Å². The van der Waals surface area contributed by atoms with Crippen LogP contribution in [0.15, 0.2) is 72.9 Å². The summed E-state index contributed by atoms with van der Waals surface area (Å²) in [6.07, 6.45) is 2.06. The average molecular weight is 677 g/mol. The topological polar surface area (TPSA) is 136 Å². The summed E-state index contributed by atoms with van der Waals surface area (Å²) in [6.45, 7) is 5.90. The number of amides is 2. The zero-order chi connectivity index (χ0) is 33.5. The van der Waals surface area contributed by atoms with Gasteiger partial charge in [-0.3, -0.25) is 14.3 Å². The first-order chi connectivity index (χ1) is 22.4. The third kappa shape index (κ3) is 6.30. The second kappa shape index (κ2) is 12.8. The number of carbonyl (C=O) groups is 2. The summed E-state index contributed by atoms with van der Waals surface area (Å²) in [6, 6.07) is 19.3. The molecular weight excluding hydrogens is 639 g/mol. The van der Waals surface area contributed by atoms with E-state index in [4.69, 9.17) is 22.1 Å². The zero-order valence-corrected chi connectivity index (χ0v) is 28.2. The van der Waals surface area contributed by atoms with E-state index in [1.165, 1.54) is 0 Å². The summed E-state index contributed by atoms with van der Waals surface area (Å²) >= 11 is 6.50. The van der Waals surface area contributed by atoms with Gasteiger partial charge in [0.05, 0.1) is 24.0 Å². The average Bonchev–Trinajstić information content (AvgIpc) is 3.67. The Morgan fingerprint density at radius 3 is 2.55 bits per heavy atom. The number of anilines is 3. The van der Waals surface area contributed by atoms with Crippen LogP contribution in [0.5, 0.6) is 0 Å². The van der Waals surface area contributed by atoms with Gasteiger partial charge in [0.2, 0.25) is 8.41 Å². The van der Waals surface area contributed by atoms with Crippen LogP contribution in [0, 0.1) is 5.92 Å². The number of nitrogens with two attached hydrogens (primary N) is 1. The second-order valence-corrected chi connectivity index (χ2v) is 17.1. The van der Waals surface area contributed by atoms with Crippen molar-refractivity contribution in [2.24, 2.45) is 5.92 Å². The van der Waals surface area contributed by atoms with Gasteiger partial charge in [0.1, 0.15) is 0 Å². The van der Waals surface area contributed by atoms with E-state index in [1.54, 1.807) is 77.4 Å². The fourth-order valence-electron chi connectivity index (χ4n) is 7.10. The van der Waals surface area contributed by atoms with Crippen molar-refractivity contribution in [3.05, 3.63) is 100 Å². The number of rotatable bonds is 10. The first-order valence-electron chi connectivity index (χ1n) is 15.6. The maximum absolute atomic E-state index is 16.2. The van der Waals surface area contributed by atoms with Crippen LogP contribution in [0.1, 0.15) is 40.5 Å². The van der Waals surface area contributed by atoms with Crippen molar-refractivity contribution in [3.63, 3.8) is 0 Å². The van der Waals surface area contributed by atoms with Gasteiger partial charge in [-0.05, 0) is 79.7 Å². The number of carbonyl (C=O) groups excluding carboxylic acids is 2. The molecule has 3 heterocycles. The van der Waals surface area contributed by atoms with Crippen molar-refractivity contribution in [1.29, 1.82) is 0 Å². The number of nitrogens with one attached hydrogen (secondary N) is 1. The van der Waals surface area contributed by atoms with E-state index >= 15 is 4.11 Å². The minimum atomic E-state index is -3.35. The molecule has 47 heavy (non-hydrogen) atoms. The molecule has 0 saturated carbocycles. The van der Waals surface area contributed by atoms with E-state index in [0.29, 0.717) is 58.3 Å². The van der Waals surface area contributed by atoms with Gasteiger partial charge in [0.15, 0.2) is 5.60 Å². The Morgan fingerprint density at radius 2 is 1.87 bits per heavy atom. The Kier molecular flexibility index (Phi) is 8.96. The van der Waals surface area contributed by atoms with Crippen LogP contribution in [0.2, 0.25) is 23.7 Å². The summed E-state index contributed by atoms with van der Waals surface area (Å²) in [5, 5.41) is 20.8. The number of aliphatic hydroxyl groups excluding tert-OH is 1. The number of hydrogen-bond acceptors (Lipinski definition) is 7. The number of aromatic nitrogens is 3. The summed E-state index contributed by atoms with van der Waals surface area (Å²) in [5.74, 6) is -0.967. The Hall–Kier alpha value is -4.10. The van der Waals surface area contributed by atoms with Crippen molar-refractivity contribution in [2.75, 3.05) is 22.6 Å². The van der Waals surface area contributed by atoms with E-state index < -0.39 is 31.6 Å². The molecule has 2 amide bonds. The van der Waals surface area contributed by atoms with Crippen molar-refractivity contribution in [3.8, 4) is 0 Å². The maximum atomic E-state index is 16.2. The number of fused-ring (bicyclic) bond motifs is 2. The molecule has 13 heteroatoms. The molecule has 0 radical (unpaired) electrons. The number of halogens is 2. The number of nitrogen functional groups attached to an aromatic ring is 1. The molecule has 2 aliphatic rings. The monoisotopic (exact) mass is 676 g/mol. The number of aliphatic hydroxyl groups is 1. The molecule has 0 aliphatic carbocycles. The molecule has 10 nitrogen and oxygen atoms in total.